The Morgan fingerprint density at radius 3 is 2.65 bits per heavy atom. The van der Waals surface area contributed by atoms with E-state index in [2.05, 4.69) is 11.8 Å². The van der Waals surface area contributed by atoms with Gasteiger partial charge in [-0.1, -0.05) is 25.7 Å². The third-order valence-corrected chi connectivity index (χ3v) is 4.58. The van der Waals surface area contributed by atoms with Crippen LogP contribution in [0.15, 0.2) is 0 Å². The minimum absolute atomic E-state index is 0.130. The summed E-state index contributed by atoms with van der Waals surface area (Å²) in [6.07, 6.45) is 8.44. The summed E-state index contributed by atoms with van der Waals surface area (Å²) in [7, 11) is 0. The highest BCUT2D eigenvalue weighted by Gasteiger charge is 2.26. The molecule has 0 aromatic carbocycles. The van der Waals surface area contributed by atoms with Crippen LogP contribution < -0.4 is 5.73 Å². The highest BCUT2D eigenvalue weighted by molar-refractivity contribution is 4.83. The topological polar surface area (TPSA) is 49.5 Å². The Bertz CT molecular complexity index is 228. The van der Waals surface area contributed by atoms with Crippen molar-refractivity contribution in [2.75, 3.05) is 13.1 Å². The van der Waals surface area contributed by atoms with Crippen molar-refractivity contribution in [3.05, 3.63) is 0 Å². The lowest BCUT2D eigenvalue weighted by Gasteiger charge is -2.37. The Labute approximate surface area is 105 Å². The summed E-state index contributed by atoms with van der Waals surface area (Å²) in [5, 5.41) is 10.2. The van der Waals surface area contributed by atoms with E-state index in [0.717, 1.165) is 38.3 Å². The Morgan fingerprint density at radius 2 is 2.00 bits per heavy atom. The second-order valence-electron chi connectivity index (χ2n) is 6.17. The average molecular weight is 240 g/mol. The standard InChI is InChI=1S/C14H28N2O/c1-11-8-13(15)6-7-16(11)10-14(17)9-12-4-2-3-5-12/h11-14,17H,2-10,15H2,1H3. The normalized spacial score (nSPS) is 34.1. The Balaban J connectivity index is 1.71. The monoisotopic (exact) mass is 240 g/mol. The first kappa shape index (κ1) is 13.3. The van der Waals surface area contributed by atoms with Gasteiger partial charge in [-0.3, -0.25) is 4.90 Å². The number of piperidine rings is 1. The summed E-state index contributed by atoms with van der Waals surface area (Å²) in [6.45, 7) is 4.15. The molecule has 3 N–H and O–H groups in total. The van der Waals surface area contributed by atoms with Crippen LogP contribution in [-0.4, -0.2) is 41.3 Å². The Hall–Kier alpha value is -0.120. The number of aliphatic hydroxyl groups is 1. The molecule has 1 saturated heterocycles. The molecule has 0 spiro atoms. The van der Waals surface area contributed by atoms with E-state index >= 15 is 0 Å². The quantitative estimate of drug-likeness (QED) is 0.787. The highest BCUT2D eigenvalue weighted by atomic mass is 16.3. The molecule has 2 rings (SSSR count). The number of aliphatic hydroxyl groups excluding tert-OH is 1. The van der Waals surface area contributed by atoms with E-state index in [0.29, 0.717) is 12.1 Å². The van der Waals surface area contributed by atoms with Gasteiger partial charge in [0.15, 0.2) is 0 Å². The molecule has 0 amide bonds. The molecule has 3 nitrogen and oxygen atoms in total. The van der Waals surface area contributed by atoms with Crippen LogP contribution in [0.5, 0.6) is 0 Å². The van der Waals surface area contributed by atoms with E-state index in [1.165, 1.54) is 25.7 Å². The van der Waals surface area contributed by atoms with E-state index < -0.39 is 0 Å². The zero-order valence-corrected chi connectivity index (χ0v) is 11.1. The van der Waals surface area contributed by atoms with E-state index in [4.69, 9.17) is 5.73 Å². The molecule has 2 aliphatic rings. The molecule has 0 aromatic rings. The molecule has 0 aromatic heterocycles. The maximum atomic E-state index is 10.2. The molecule has 2 fully saturated rings. The second-order valence-corrected chi connectivity index (χ2v) is 6.17. The molecule has 100 valence electrons. The first-order chi connectivity index (χ1) is 8.15. The average Bonchev–Trinajstić information content (AvgIpc) is 2.75. The number of rotatable bonds is 4. The molecule has 0 bridgehead atoms. The van der Waals surface area contributed by atoms with Crippen molar-refractivity contribution in [3.63, 3.8) is 0 Å². The summed E-state index contributed by atoms with van der Waals surface area (Å²) < 4.78 is 0. The van der Waals surface area contributed by atoms with Crippen LogP contribution in [0.1, 0.15) is 51.9 Å². The predicted molar refractivity (Wildman–Crippen MR) is 70.8 cm³/mol. The van der Waals surface area contributed by atoms with Gasteiger partial charge in [0.05, 0.1) is 6.10 Å². The molecular formula is C14H28N2O. The summed E-state index contributed by atoms with van der Waals surface area (Å²) in [6, 6.07) is 0.908. The Kier molecular flexibility index (Phi) is 4.83. The molecule has 3 atom stereocenters. The molecule has 3 unspecified atom stereocenters. The fourth-order valence-corrected chi connectivity index (χ4v) is 3.50. The summed E-state index contributed by atoms with van der Waals surface area (Å²) in [5.74, 6) is 0.785. The first-order valence-corrected chi connectivity index (χ1v) is 7.33. The van der Waals surface area contributed by atoms with Gasteiger partial charge >= 0.3 is 0 Å². The third kappa shape index (κ3) is 3.94. The van der Waals surface area contributed by atoms with Crippen LogP contribution in [0.3, 0.4) is 0 Å². The zero-order valence-electron chi connectivity index (χ0n) is 11.1. The van der Waals surface area contributed by atoms with E-state index in [1.807, 2.05) is 0 Å². The minimum Gasteiger partial charge on any atom is -0.392 e. The molecule has 1 heterocycles. The second kappa shape index (κ2) is 6.17. The van der Waals surface area contributed by atoms with E-state index in [9.17, 15) is 5.11 Å². The lowest BCUT2D eigenvalue weighted by Crippen LogP contribution is -2.48. The fourth-order valence-electron chi connectivity index (χ4n) is 3.50. The number of nitrogens with zero attached hydrogens (tertiary/aromatic N) is 1. The van der Waals surface area contributed by atoms with Crippen molar-refractivity contribution >= 4 is 0 Å². The zero-order chi connectivity index (χ0) is 12.3. The van der Waals surface area contributed by atoms with Crippen molar-refractivity contribution in [3.8, 4) is 0 Å². The van der Waals surface area contributed by atoms with Gasteiger partial charge < -0.3 is 10.8 Å². The van der Waals surface area contributed by atoms with Crippen molar-refractivity contribution in [2.24, 2.45) is 11.7 Å². The smallest absolute Gasteiger partial charge is 0.0669 e. The number of likely N-dealkylation sites (tertiary alicyclic amines) is 1. The van der Waals surface area contributed by atoms with Gasteiger partial charge in [-0.15, -0.1) is 0 Å². The lowest BCUT2D eigenvalue weighted by molar-refractivity contribution is 0.0553. The van der Waals surface area contributed by atoms with Gasteiger partial charge in [0.2, 0.25) is 0 Å². The molecule has 0 radical (unpaired) electrons. The van der Waals surface area contributed by atoms with Crippen LogP contribution in [0, 0.1) is 5.92 Å². The van der Waals surface area contributed by atoms with Crippen LogP contribution in [0.4, 0.5) is 0 Å². The van der Waals surface area contributed by atoms with Gasteiger partial charge in [0.1, 0.15) is 0 Å². The molecule has 17 heavy (non-hydrogen) atoms. The largest absolute Gasteiger partial charge is 0.392 e. The van der Waals surface area contributed by atoms with Gasteiger partial charge in [0, 0.05) is 18.6 Å². The molecule has 1 saturated carbocycles. The molecule has 3 heteroatoms. The number of hydrogen-bond acceptors (Lipinski definition) is 3. The highest BCUT2D eigenvalue weighted by Crippen LogP contribution is 2.29. The van der Waals surface area contributed by atoms with Crippen molar-refractivity contribution in [2.45, 2.75) is 70.1 Å². The summed E-state index contributed by atoms with van der Waals surface area (Å²) in [4.78, 5) is 2.42. The van der Waals surface area contributed by atoms with Crippen LogP contribution in [-0.2, 0) is 0 Å². The van der Waals surface area contributed by atoms with Crippen LogP contribution in [0.2, 0.25) is 0 Å². The predicted octanol–water partition coefficient (Wildman–Crippen LogP) is 1.74. The minimum atomic E-state index is -0.130. The first-order valence-electron chi connectivity index (χ1n) is 7.33. The van der Waals surface area contributed by atoms with Gasteiger partial charge in [-0.05, 0) is 38.6 Å². The molecular weight excluding hydrogens is 212 g/mol. The van der Waals surface area contributed by atoms with Gasteiger partial charge in [0.25, 0.3) is 0 Å². The van der Waals surface area contributed by atoms with Gasteiger partial charge in [-0.2, -0.15) is 0 Å². The van der Waals surface area contributed by atoms with Crippen molar-refractivity contribution < 1.29 is 5.11 Å². The van der Waals surface area contributed by atoms with Crippen molar-refractivity contribution in [1.29, 1.82) is 0 Å². The number of β-amino-alcohol motifs (C(OH)–C–C–N with tert-alkyl or cyclic N) is 1. The van der Waals surface area contributed by atoms with Gasteiger partial charge in [-0.25, -0.2) is 0 Å². The summed E-state index contributed by atoms with van der Waals surface area (Å²) in [5.41, 5.74) is 5.96. The lowest BCUT2D eigenvalue weighted by atomic mass is 9.96. The van der Waals surface area contributed by atoms with Crippen LogP contribution in [0.25, 0.3) is 0 Å². The molecule has 1 aliphatic heterocycles. The maximum absolute atomic E-state index is 10.2. The SMILES string of the molecule is CC1CC(N)CCN1CC(O)CC1CCCC1. The Morgan fingerprint density at radius 1 is 1.29 bits per heavy atom. The number of hydrogen-bond donors (Lipinski definition) is 2. The molecule has 1 aliphatic carbocycles. The fraction of sp³-hybridized carbons (Fsp3) is 1.00. The maximum Gasteiger partial charge on any atom is 0.0669 e. The third-order valence-electron chi connectivity index (χ3n) is 4.58. The van der Waals surface area contributed by atoms with Crippen molar-refractivity contribution in [1.82, 2.24) is 4.90 Å². The summed E-state index contributed by atoms with van der Waals surface area (Å²) >= 11 is 0. The van der Waals surface area contributed by atoms with E-state index in [1.54, 1.807) is 0 Å². The number of nitrogens with two attached hydrogens (primary N) is 1. The van der Waals surface area contributed by atoms with E-state index in [-0.39, 0.29) is 6.10 Å². The van der Waals surface area contributed by atoms with Crippen LogP contribution >= 0.6 is 0 Å².